The van der Waals surface area contributed by atoms with Crippen LogP contribution in [-0.2, 0) is 26.1 Å². The molecule has 4 aromatic rings. The van der Waals surface area contributed by atoms with Crippen LogP contribution in [0.25, 0.3) is 22.3 Å². The van der Waals surface area contributed by atoms with Crippen LogP contribution < -0.4 is 0 Å². The van der Waals surface area contributed by atoms with Crippen LogP contribution in [0.15, 0.2) is 60.9 Å². The Hall–Kier alpha value is -2.73. The van der Waals surface area contributed by atoms with Gasteiger partial charge in [0.15, 0.2) is 5.82 Å². The summed E-state index contributed by atoms with van der Waals surface area (Å²) < 4.78 is 2.26. The first-order chi connectivity index (χ1) is 15.2. The van der Waals surface area contributed by atoms with Gasteiger partial charge >= 0.3 is 0 Å². The van der Waals surface area contributed by atoms with E-state index in [4.69, 9.17) is 16.6 Å². The Balaban J connectivity index is 1.35. The summed E-state index contributed by atoms with van der Waals surface area (Å²) >= 11 is 6.00. The zero-order valence-electron chi connectivity index (χ0n) is 17.3. The van der Waals surface area contributed by atoms with Gasteiger partial charge in [-0.3, -0.25) is 4.90 Å². The molecular formula is C25H25ClN4O. The fraction of sp³-hybridized carbons (Fsp3) is 0.280. The molecular weight excluding hydrogens is 408 g/mol. The topological polar surface area (TPSA) is 54.2 Å². The summed E-state index contributed by atoms with van der Waals surface area (Å²) in [7, 11) is 0. The molecule has 5 nitrogen and oxygen atoms in total. The van der Waals surface area contributed by atoms with Gasteiger partial charge in [0.25, 0.3) is 0 Å². The van der Waals surface area contributed by atoms with Gasteiger partial charge in [-0.05, 0) is 42.3 Å². The quantitative estimate of drug-likeness (QED) is 0.480. The minimum absolute atomic E-state index is 0.211. The minimum atomic E-state index is 0.211. The summed E-state index contributed by atoms with van der Waals surface area (Å²) in [6, 6.07) is 16.2. The lowest BCUT2D eigenvalue weighted by Crippen LogP contribution is -2.30. The fourth-order valence-corrected chi connectivity index (χ4v) is 4.49. The summed E-state index contributed by atoms with van der Waals surface area (Å²) in [6.45, 7) is 3.77. The minimum Gasteiger partial charge on any atom is -0.396 e. The zero-order chi connectivity index (χ0) is 21.2. The van der Waals surface area contributed by atoms with E-state index in [9.17, 15) is 5.11 Å². The number of hydrogen-bond acceptors (Lipinski definition) is 4. The monoisotopic (exact) mass is 432 g/mol. The zero-order valence-corrected chi connectivity index (χ0v) is 18.1. The number of benzene rings is 2. The summed E-state index contributed by atoms with van der Waals surface area (Å²) in [5, 5.41) is 11.2. The number of nitrogens with zero attached hydrogens (tertiary/aromatic N) is 4. The predicted molar refractivity (Wildman–Crippen MR) is 124 cm³/mol. The van der Waals surface area contributed by atoms with Gasteiger partial charge in [-0.15, -0.1) is 0 Å². The number of aryl methyl sites for hydroxylation is 1. The Morgan fingerprint density at radius 1 is 1.06 bits per heavy atom. The molecule has 2 aromatic heterocycles. The molecule has 1 aliphatic heterocycles. The smallest absolute Gasteiger partial charge is 0.159 e. The van der Waals surface area contributed by atoms with Crippen molar-refractivity contribution in [3.05, 3.63) is 82.8 Å². The molecule has 0 unspecified atom stereocenters. The van der Waals surface area contributed by atoms with Crippen molar-refractivity contribution in [2.45, 2.75) is 32.5 Å². The third-order valence-electron chi connectivity index (χ3n) is 5.94. The van der Waals surface area contributed by atoms with Crippen LogP contribution >= 0.6 is 11.6 Å². The first-order valence-electron chi connectivity index (χ1n) is 10.7. The maximum Gasteiger partial charge on any atom is 0.159 e. The highest BCUT2D eigenvalue weighted by molar-refractivity contribution is 6.30. The molecule has 0 saturated carbocycles. The highest BCUT2D eigenvalue weighted by Gasteiger charge is 2.20. The molecule has 6 heteroatoms. The average molecular weight is 433 g/mol. The molecule has 0 aliphatic carbocycles. The van der Waals surface area contributed by atoms with Gasteiger partial charge in [-0.2, -0.15) is 0 Å². The van der Waals surface area contributed by atoms with E-state index in [1.54, 1.807) is 0 Å². The highest BCUT2D eigenvalue weighted by Crippen LogP contribution is 2.26. The summed E-state index contributed by atoms with van der Waals surface area (Å²) in [4.78, 5) is 11.9. The van der Waals surface area contributed by atoms with Crippen LogP contribution in [0.3, 0.4) is 0 Å². The van der Waals surface area contributed by atoms with E-state index in [2.05, 4.69) is 44.9 Å². The van der Waals surface area contributed by atoms with Crippen LogP contribution in [0.1, 0.15) is 23.2 Å². The summed E-state index contributed by atoms with van der Waals surface area (Å²) in [5.74, 6) is 0.760. The largest absolute Gasteiger partial charge is 0.396 e. The molecule has 0 saturated heterocycles. The standard InChI is InChI=1S/C25H25ClN4O/c26-21-8-6-18(7-9-21)25-27-14-19-15-29(12-10-23(19)28-25)16-20-17-30(11-3-13-31)24-5-2-1-4-22(20)24/h1-2,4-9,14,17,31H,3,10-13,15-16H2. The van der Waals surface area contributed by atoms with Gasteiger partial charge in [-0.1, -0.05) is 29.8 Å². The number of rotatable bonds is 6. The molecule has 0 fully saturated rings. The Bertz CT molecular complexity index is 1200. The van der Waals surface area contributed by atoms with E-state index in [1.807, 2.05) is 30.5 Å². The normalized spacial score (nSPS) is 14.1. The molecule has 3 heterocycles. The molecule has 0 spiro atoms. The molecule has 0 amide bonds. The van der Waals surface area contributed by atoms with Crippen molar-refractivity contribution in [3.8, 4) is 11.4 Å². The van der Waals surface area contributed by atoms with Crippen molar-refractivity contribution in [1.82, 2.24) is 19.4 Å². The van der Waals surface area contributed by atoms with Crippen molar-refractivity contribution in [2.75, 3.05) is 13.2 Å². The van der Waals surface area contributed by atoms with Gasteiger partial charge in [0.2, 0.25) is 0 Å². The Kier molecular flexibility index (Phi) is 5.72. The van der Waals surface area contributed by atoms with Gasteiger partial charge in [0, 0.05) is 78.7 Å². The average Bonchev–Trinajstić information content (AvgIpc) is 3.15. The number of hydrogen-bond donors (Lipinski definition) is 1. The molecule has 31 heavy (non-hydrogen) atoms. The van der Waals surface area contributed by atoms with Crippen LogP contribution in [0.2, 0.25) is 5.02 Å². The highest BCUT2D eigenvalue weighted by atomic mass is 35.5. The van der Waals surface area contributed by atoms with Crippen molar-refractivity contribution >= 4 is 22.5 Å². The number of aliphatic hydroxyl groups is 1. The molecule has 2 aromatic carbocycles. The molecule has 0 bridgehead atoms. The van der Waals surface area contributed by atoms with Crippen molar-refractivity contribution in [2.24, 2.45) is 0 Å². The van der Waals surface area contributed by atoms with Crippen LogP contribution in [0, 0.1) is 0 Å². The number of aliphatic hydroxyl groups excluding tert-OH is 1. The number of para-hydroxylation sites is 1. The van der Waals surface area contributed by atoms with E-state index in [0.717, 1.165) is 61.1 Å². The fourth-order valence-electron chi connectivity index (χ4n) is 4.36. The second-order valence-electron chi connectivity index (χ2n) is 8.08. The summed E-state index contributed by atoms with van der Waals surface area (Å²) in [6.07, 6.45) is 5.91. The van der Waals surface area contributed by atoms with Crippen molar-refractivity contribution in [1.29, 1.82) is 0 Å². The van der Waals surface area contributed by atoms with Crippen molar-refractivity contribution in [3.63, 3.8) is 0 Å². The maximum absolute atomic E-state index is 9.23. The van der Waals surface area contributed by atoms with E-state index < -0.39 is 0 Å². The molecule has 0 radical (unpaired) electrons. The van der Waals surface area contributed by atoms with E-state index >= 15 is 0 Å². The van der Waals surface area contributed by atoms with Gasteiger partial charge in [0.1, 0.15) is 0 Å². The molecule has 0 atom stereocenters. The maximum atomic E-state index is 9.23. The SMILES string of the molecule is OCCCn1cc(CN2CCc3nc(-c4ccc(Cl)cc4)ncc3C2)c2ccccc21. The van der Waals surface area contributed by atoms with Gasteiger partial charge in [-0.25, -0.2) is 9.97 Å². The molecule has 1 N–H and O–H groups in total. The third-order valence-corrected chi connectivity index (χ3v) is 6.19. The van der Waals surface area contributed by atoms with Crippen LogP contribution in [0.5, 0.6) is 0 Å². The Morgan fingerprint density at radius 2 is 1.90 bits per heavy atom. The number of aromatic nitrogens is 3. The van der Waals surface area contributed by atoms with E-state index in [-0.39, 0.29) is 6.61 Å². The predicted octanol–water partition coefficient (Wildman–Crippen LogP) is 4.69. The Labute approximate surface area is 186 Å². The van der Waals surface area contributed by atoms with Crippen LogP contribution in [-0.4, -0.2) is 37.7 Å². The first kappa shape index (κ1) is 20.2. The van der Waals surface area contributed by atoms with Gasteiger partial charge < -0.3 is 9.67 Å². The number of halogens is 1. The van der Waals surface area contributed by atoms with Crippen molar-refractivity contribution < 1.29 is 5.11 Å². The van der Waals surface area contributed by atoms with Gasteiger partial charge in [0.05, 0.1) is 5.69 Å². The molecule has 1 aliphatic rings. The second-order valence-corrected chi connectivity index (χ2v) is 8.51. The molecule has 158 valence electrons. The lowest BCUT2D eigenvalue weighted by Gasteiger charge is -2.28. The molecule has 5 rings (SSSR count). The van der Waals surface area contributed by atoms with E-state index in [0.29, 0.717) is 0 Å². The lowest BCUT2D eigenvalue weighted by atomic mass is 10.1. The Morgan fingerprint density at radius 3 is 2.74 bits per heavy atom. The third kappa shape index (κ3) is 4.22. The second kappa shape index (κ2) is 8.79. The lowest BCUT2D eigenvalue weighted by molar-refractivity contribution is 0.243. The first-order valence-corrected chi connectivity index (χ1v) is 11.1. The van der Waals surface area contributed by atoms with E-state index in [1.165, 1.54) is 22.0 Å². The summed E-state index contributed by atoms with van der Waals surface area (Å²) in [5.41, 5.74) is 5.90. The number of fused-ring (bicyclic) bond motifs is 2. The van der Waals surface area contributed by atoms with Crippen LogP contribution in [0.4, 0.5) is 0 Å².